The van der Waals surface area contributed by atoms with Crippen LogP contribution in [0.1, 0.15) is 32.4 Å². The molecule has 0 amide bonds. The Balaban J connectivity index is 3.20. The van der Waals surface area contributed by atoms with Gasteiger partial charge in [0.25, 0.3) is 0 Å². The number of Topliss-reactive ketones (excluding diaryl/α,β-unsaturated/α-hetero) is 1. The van der Waals surface area contributed by atoms with Crippen molar-refractivity contribution in [3.63, 3.8) is 0 Å². The van der Waals surface area contributed by atoms with Gasteiger partial charge in [0.05, 0.1) is 6.04 Å². The van der Waals surface area contributed by atoms with Crippen LogP contribution in [0.15, 0.2) is 24.3 Å². The van der Waals surface area contributed by atoms with Crippen LogP contribution >= 0.6 is 0 Å². The molecule has 17 heavy (non-hydrogen) atoms. The van der Waals surface area contributed by atoms with Crippen molar-refractivity contribution in [2.45, 2.75) is 26.8 Å². The lowest BCUT2D eigenvalue weighted by molar-refractivity contribution is -0.131. The molecule has 0 bridgehead atoms. The SMILES string of the molecule is CN(C)C(C(=O)C(C)(C)C)c1ccccc1F. The molecule has 1 aromatic carbocycles. The highest BCUT2D eigenvalue weighted by Crippen LogP contribution is 2.30. The number of rotatable bonds is 3. The molecular weight excluding hydrogens is 217 g/mol. The molecule has 1 atom stereocenters. The van der Waals surface area contributed by atoms with Gasteiger partial charge in [0.15, 0.2) is 5.78 Å². The van der Waals surface area contributed by atoms with Crippen LogP contribution in [0.4, 0.5) is 4.39 Å². The Bertz CT molecular complexity index is 407. The molecule has 2 nitrogen and oxygen atoms in total. The van der Waals surface area contributed by atoms with E-state index in [1.165, 1.54) is 6.07 Å². The van der Waals surface area contributed by atoms with Gasteiger partial charge < -0.3 is 0 Å². The van der Waals surface area contributed by atoms with Gasteiger partial charge in [0.2, 0.25) is 0 Å². The van der Waals surface area contributed by atoms with Crippen molar-refractivity contribution < 1.29 is 9.18 Å². The minimum atomic E-state index is -0.531. The summed E-state index contributed by atoms with van der Waals surface area (Å²) in [4.78, 5) is 14.1. The number of benzene rings is 1. The molecule has 1 rings (SSSR count). The lowest BCUT2D eigenvalue weighted by Gasteiger charge is -2.29. The first kappa shape index (κ1) is 13.8. The fourth-order valence-electron chi connectivity index (χ4n) is 1.76. The molecule has 0 fully saturated rings. The Morgan fingerprint density at radius 2 is 1.76 bits per heavy atom. The maximum Gasteiger partial charge on any atom is 0.159 e. The van der Waals surface area contributed by atoms with Crippen LogP contribution in [0.2, 0.25) is 0 Å². The van der Waals surface area contributed by atoms with E-state index in [1.54, 1.807) is 37.2 Å². The van der Waals surface area contributed by atoms with Crippen molar-refractivity contribution in [1.29, 1.82) is 0 Å². The summed E-state index contributed by atoms with van der Waals surface area (Å²) in [6.45, 7) is 5.56. The van der Waals surface area contributed by atoms with Gasteiger partial charge in [0.1, 0.15) is 5.82 Å². The summed E-state index contributed by atoms with van der Waals surface area (Å²) in [7, 11) is 3.58. The van der Waals surface area contributed by atoms with E-state index < -0.39 is 11.5 Å². The maximum absolute atomic E-state index is 13.8. The molecule has 0 saturated carbocycles. The quantitative estimate of drug-likeness (QED) is 0.805. The predicted molar refractivity (Wildman–Crippen MR) is 67.3 cm³/mol. The van der Waals surface area contributed by atoms with Gasteiger partial charge in [-0.25, -0.2) is 4.39 Å². The Morgan fingerprint density at radius 3 is 2.18 bits per heavy atom. The van der Waals surface area contributed by atoms with Crippen molar-refractivity contribution >= 4 is 5.78 Å². The van der Waals surface area contributed by atoms with Gasteiger partial charge in [-0.15, -0.1) is 0 Å². The average molecular weight is 237 g/mol. The first-order valence-electron chi connectivity index (χ1n) is 5.70. The molecular formula is C14H20FNO. The molecule has 0 aliphatic carbocycles. The minimum Gasteiger partial charge on any atom is -0.297 e. The molecule has 3 heteroatoms. The number of carbonyl (C=O) groups excluding carboxylic acids is 1. The summed E-state index contributed by atoms with van der Waals surface area (Å²) in [5.74, 6) is -0.309. The molecule has 0 spiro atoms. The van der Waals surface area contributed by atoms with E-state index in [0.717, 1.165) is 0 Å². The van der Waals surface area contributed by atoms with Gasteiger partial charge in [-0.2, -0.15) is 0 Å². The van der Waals surface area contributed by atoms with E-state index in [4.69, 9.17) is 0 Å². The van der Waals surface area contributed by atoms with Crippen LogP contribution in [0, 0.1) is 11.2 Å². The van der Waals surface area contributed by atoms with Crippen LogP contribution in [0.25, 0.3) is 0 Å². The van der Waals surface area contributed by atoms with Gasteiger partial charge in [0, 0.05) is 11.0 Å². The van der Waals surface area contributed by atoms with Gasteiger partial charge >= 0.3 is 0 Å². The highest BCUT2D eigenvalue weighted by atomic mass is 19.1. The van der Waals surface area contributed by atoms with Crippen LogP contribution in [-0.4, -0.2) is 24.8 Å². The predicted octanol–water partition coefficient (Wildman–Crippen LogP) is 3.04. The highest BCUT2D eigenvalue weighted by molar-refractivity contribution is 5.89. The first-order valence-corrected chi connectivity index (χ1v) is 5.70. The molecule has 0 aliphatic rings. The number of nitrogens with zero attached hydrogens (tertiary/aromatic N) is 1. The van der Waals surface area contributed by atoms with Crippen LogP contribution in [-0.2, 0) is 4.79 Å². The standard InChI is InChI=1S/C14H20FNO/c1-14(2,3)13(17)12(16(4)5)10-8-6-7-9-11(10)15/h6-9,12H,1-5H3. The fourth-order valence-corrected chi connectivity index (χ4v) is 1.76. The average Bonchev–Trinajstić information content (AvgIpc) is 2.19. The van der Waals surface area contributed by atoms with E-state index >= 15 is 0 Å². The van der Waals surface area contributed by atoms with Crippen LogP contribution in [0.3, 0.4) is 0 Å². The van der Waals surface area contributed by atoms with Gasteiger partial charge in [-0.3, -0.25) is 9.69 Å². The first-order chi connectivity index (χ1) is 7.75. The molecule has 0 aliphatic heterocycles. The zero-order valence-electron chi connectivity index (χ0n) is 11.1. The van der Waals surface area contributed by atoms with E-state index in [9.17, 15) is 9.18 Å². The van der Waals surface area contributed by atoms with Gasteiger partial charge in [-0.05, 0) is 20.2 Å². The Kier molecular flexibility index (Phi) is 4.04. The number of hydrogen-bond donors (Lipinski definition) is 0. The minimum absolute atomic E-state index is 0.0209. The monoisotopic (exact) mass is 237 g/mol. The van der Waals surface area contributed by atoms with Gasteiger partial charge in [-0.1, -0.05) is 39.0 Å². The van der Waals surface area contributed by atoms with Crippen molar-refractivity contribution in [2.75, 3.05) is 14.1 Å². The third-order valence-electron chi connectivity index (χ3n) is 2.70. The Morgan fingerprint density at radius 1 is 1.24 bits per heavy atom. The van der Waals surface area contributed by atoms with Crippen LogP contribution in [0.5, 0.6) is 0 Å². The normalized spacial score (nSPS) is 13.8. The summed E-state index contributed by atoms with van der Waals surface area (Å²) in [6.07, 6.45) is 0. The number of likely N-dealkylation sites (N-methyl/N-ethyl adjacent to an activating group) is 1. The second kappa shape index (κ2) is 4.96. The molecule has 0 heterocycles. The molecule has 1 unspecified atom stereocenters. The lowest BCUT2D eigenvalue weighted by atomic mass is 9.83. The van der Waals surface area contributed by atoms with E-state index in [2.05, 4.69) is 0 Å². The number of ketones is 1. The summed E-state index contributed by atoms with van der Waals surface area (Å²) in [6, 6.07) is 5.92. The largest absolute Gasteiger partial charge is 0.297 e. The molecule has 0 radical (unpaired) electrons. The van der Waals surface area contributed by atoms with E-state index in [1.807, 2.05) is 20.8 Å². The lowest BCUT2D eigenvalue weighted by Crippen LogP contribution is -2.36. The van der Waals surface area contributed by atoms with E-state index in [-0.39, 0.29) is 11.6 Å². The second-order valence-electron chi connectivity index (χ2n) is 5.50. The van der Waals surface area contributed by atoms with Crippen LogP contribution < -0.4 is 0 Å². The molecule has 0 aromatic heterocycles. The summed E-state index contributed by atoms with van der Waals surface area (Å²) in [5, 5.41) is 0. The second-order valence-corrected chi connectivity index (χ2v) is 5.50. The van der Waals surface area contributed by atoms with Crippen molar-refractivity contribution in [3.8, 4) is 0 Å². The highest BCUT2D eigenvalue weighted by Gasteiger charge is 2.33. The molecule has 1 aromatic rings. The Labute approximate surface area is 102 Å². The fraction of sp³-hybridized carbons (Fsp3) is 0.500. The third-order valence-corrected chi connectivity index (χ3v) is 2.70. The third kappa shape index (κ3) is 3.13. The zero-order valence-corrected chi connectivity index (χ0v) is 11.1. The molecule has 94 valence electrons. The molecule has 0 saturated heterocycles. The topological polar surface area (TPSA) is 20.3 Å². The number of hydrogen-bond acceptors (Lipinski definition) is 2. The molecule has 0 N–H and O–H groups in total. The van der Waals surface area contributed by atoms with Crippen molar-refractivity contribution in [2.24, 2.45) is 5.41 Å². The number of halogens is 1. The van der Waals surface area contributed by atoms with E-state index in [0.29, 0.717) is 5.56 Å². The Hall–Kier alpha value is -1.22. The number of carbonyl (C=O) groups is 1. The smallest absolute Gasteiger partial charge is 0.159 e. The zero-order chi connectivity index (χ0) is 13.2. The summed E-state index contributed by atoms with van der Waals surface area (Å²) < 4.78 is 13.8. The van der Waals surface area contributed by atoms with Crippen molar-refractivity contribution in [1.82, 2.24) is 4.90 Å². The van der Waals surface area contributed by atoms with Crippen molar-refractivity contribution in [3.05, 3.63) is 35.6 Å². The summed E-state index contributed by atoms with van der Waals surface area (Å²) >= 11 is 0. The summed E-state index contributed by atoms with van der Waals surface area (Å²) in [5.41, 5.74) is -0.0468. The maximum atomic E-state index is 13.8.